The second kappa shape index (κ2) is 4.78. The first-order valence-corrected chi connectivity index (χ1v) is 5.94. The quantitative estimate of drug-likeness (QED) is 0.826. The Labute approximate surface area is 108 Å². The highest BCUT2D eigenvalue weighted by molar-refractivity contribution is 6.30. The summed E-state index contributed by atoms with van der Waals surface area (Å²) in [6, 6.07) is 0. The van der Waals surface area contributed by atoms with E-state index in [9.17, 15) is 4.79 Å². The average molecular weight is 258 g/mol. The predicted molar refractivity (Wildman–Crippen MR) is 69.4 cm³/mol. The number of aryl methyl sites for hydroxylation is 2. The second-order valence-electron chi connectivity index (χ2n) is 5.03. The summed E-state index contributed by atoms with van der Waals surface area (Å²) in [6.45, 7) is 5.70. The zero-order chi connectivity index (χ0) is 13.4. The van der Waals surface area contributed by atoms with Crippen LogP contribution in [-0.4, -0.2) is 40.1 Å². The molecule has 0 atom stereocenters. The van der Waals surface area contributed by atoms with Crippen molar-refractivity contribution in [2.45, 2.75) is 32.7 Å². The van der Waals surface area contributed by atoms with E-state index in [0.717, 1.165) is 11.3 Å². The van der Waals surface area contributed by atoms with Gasteiger partial charge in [0.1, 0.15) is 5.15 Å². The summed E-state index contributed by atoms with van der Waals surface area (Å²) in [4.78, 5) is 14.2. The number of ketones is 1. The monoisotopic (exact) mass is 257 g/mol. The number of hydrogen-bond acceptors (Lipinski definition) is 3. The molecule has 0 radical (unpaired) electrons. The maximum absolute atomic E-state index is 12.3. The number of likely N-dealkylation sites (N-methyl/N-ethyl adjacent to an activating group) is 1. The van der Waals surface area contributed by atoms with E-state index in [1.807, 2.05) is 39.8 Å². The molecular formula is C12H20ClN3O. The molecule has 0 aromatic carbocycles. The minimum absolute atomic E-state index is 0.139. The summed E-state index contributed by atoms with van der Waals surface area (Å²) in [5, 5.41) is 4.76. The van der Waals surface area contributed by atoms with Crippen LogP contribution in [0.4, 0.5) is 0 Å². The van der Waals surface area contributed by atoms with Crippen LogP contribution in [0, 0.1) is 6.92 Å². The van der Waals surface area contributed by atoms with E-state index in [-0.39, 0.29) is 5.78 Å². The van der Waals surface area contributed by atoms with Crippen molar-refractivity contribution in [3.63, 3.8) is 0 Å². The van der Waals surface area contributed by atoms with E-state index >= 15 is 0 Å². The Kier molecular flexibility index (Phi) is 3.99. The van der Waals surface area contributed by atoms with Gasteiger partial charge in [0.2, 0.25) is 0 Å². The fraction of sp³-hybridized carbons (Fsp3) is 0.667. The highest BCUT2D eigenvalue weighted by Crippen LogP contribution is 2.22. The molecule has 0 aliphatic carbocycles. The Morgan fingerprint density at radius 1 is 1.47 bits per heavy atom. The average Bonchev–Trinajstić information content (AvgIpc) is 2.44. The Balaban J connectivity index is 2.96. The van der Waals surface area contributed by atoms with E-state index in [1.165, 1.54) is 0 Å². The fourth-order valence-electron chi connectivity index (χ4n) is 1.50. The van der Waals surface area contributed by atoms with E-state index in [2.05, 4.69) is 5.10 Å². The van der Waals surface area contributed by atoms with Gasteiger partial charge in [-0.2, -0.15) is 5.10 Å². The summed E-state index contributed by atoms with van der Waals surface area (Å²) in [6.07, 6.45) is 0.323. The van der Waals surface area contributed by atoms with Crippen molar-refractivity contribution in [2.75, 3.05) is 14.1 Å². The Hall–Kier alpha value is -0.870. The molecule has 5 heteroatoms. The lowest BCUT2D eigenvalue weighted by atomic mass is 9.93. The van der Waals surface area contributed by atoms with E-state index in [4.69, 9.17) is 11.6 Å². The molecule has 1 aromatic rings. The van der Waals surface area contributed by atoms with Gasteiger partial charge in [0.25, 0.3) is 0 Å². The number of rotatable bonds is 4. The van der Waals surface area contributed by atoms with Crippen molar-refractivity contribution in [1.29, 1.82) is 0 Å². The lowest BCUT2D eigenvalue weighted by Gasteiger charge is -2.30. The Bertz CT molecular complexity index is 435. The number of carbonyl (C=O) groups excluding carboxylic acids is 1. The first-order valence-electron chi connectivity index (χ1n) is 5.56. The molecule has 0 spiro atoms. The number of Topliss-reactive ketones (excluding diaryl/α,β-unsaturated/α-hetero) is 1. The van der Waals surface area contributed by atoms with Crippen molar-refractivity contribution in [3.8, 4) is 0 Å². The molecule has 1 rings (SSSR count). The molecule has 0 saturated heterocycles. The molecule has 0 unspecified atom stereocenters. The topological polar surface area (TPSA) is 38.1 Å². The number of nitrogens with zero attached hydrogens (tertiary/aromatic N) is 3. The van der Waals surface area contributed by atoms with Crippen molar-refractivity contribution in [2.24, 2.45) is 7.05 Å². The molecular weight excluding hydrogens is 238 g/mol. The molecule has 96 valence electrons. The fourth-order valence-corrected chi connectivity index (χ4v) is 1.74. The third-order valence-electron chi connectivity index (χ3n) is 3.41. The minimum atomic E-state index is -0.494. The summed E-state index contributed by atoms with van der Waals surface area (Å²) in [7, 11) is 5.58. The van der Waals surface area contributed by atoms with Gasteiger partial charge in [-0.3, -0.25) is 14.4 Å². The third-order valence-corrected chi connectivity index (χ3v) is 3.88. The summed E-state index contributed by atoms with van der Waals surface area (Å²) >= 11 is 6.12. The van der Waals surface area contributed by atoms with Crippen LogP contribution >= 0.6 is 11.6 Å². The van der Waals surface area contributed by atoms with Crippen LogP contribution in [0.3, 0.4) is 0 Å². The van der Waals surface area contributed by atoms with Crippen LogP contribution in [0.5, 0.6) is 0 Å². The lowest BCUT2D eigenvalue weighted by Crippen LogP contribution is -2.46. The maximum Gasteiger partial charge on any atom is 0.157 e. The Morgan fingerprint density at radius 3 is 2.35 bits per heavy atom. The van der Waals surface area contributed by atoms with E-state index < -0.39 is 5.54 Å². The number of halogens is 1. The number of hydrogen-bond donors (Lipinski definition) is 0. The molecule has 0 saturated carbocycles. The van der Waals surface area contributed by atoms with Crippen LogP contribution in [-0.2, 0) is 18.3 Å². The molecule has 4 nitrogen and oxygen atoms in total. The number of aromatic nitrogens is 2. The summed E-state index contributed by atoms with van der Waals surface area (Å²) in [5.41, 5.74) is 1.15. The molecule has 1 heterocycles. The first-order chi connectivity index (χ1) is 7.67. The van der Waals surface area contributed by atoms with Crippen molar-refractivity contribution in [1.82, 2.24) is 14.7 Å². The van der Waals surface area contributed by atoms with Crippen LogP contribution in [0.25, 0.3) is 0 Å². The summed E-state index contributed by atoms with van der Waals surface area (Å²) in [5.74, 6) is 0.139. The standard InChI is InChI=1S/C12H20ClN3O/c1-8-9(11(13)16(6)14-8)7-10(17)12(2,3)15(4)5/h7H2,1-6H3. The molecule has 1 aromatic heterocycles. The first kappa shape index (κ1) is 14.2. The molecule has 0 bridgehead atoms. The van der Waals surface area contributed by atoms with Gasteiger partial charge < -0.3 is 0 Å². The SMILES string of the molecule is Cc1nn(C)c(Cl)c1CC(=O)C(C)(C)N(C)C. The maximum atomic E-state index is 12.3. The molecule has 0 aliphatic heterocycles. The van der Waals surface area contributed by atoms with Gasteiger partial charge in [-0.15, -0.1) is 0 Å². The Morgan fingerprint density at radius 2 is 2.00 bits per heavy atom. The molecule has 0 fully saturated rings. The lowest BCUT2D eigenvalue weighted by molar-refractivity contribution is -0.127. The van der Waals surface area contributed by atoms with Crippen molar-refractivity contribution < 1.29 is 4.79 Å². The van der Waals surface area contributed by atoms with Crippen molar-refractivity contribution >= 4 is 17.4 Å². The largest absolute Gasteiger partial charge is 0.298 e. The smallest absolute Gasteiger partial charge is 0.157 e. The van der Waals surface area contributed by atoms with Gasteiger partial charge in [0.05, 0.1) is 11.2 Å². The highest BCUT2D eigenvalue weighted by atomic mass is 35.5. The summed E-state index contributed by atoms with van der Waals surface area (Å²) < 4.78 is 1.60. The minimum Gasteiger partial charge on any atom is -0.298 e. The molecule has 0 N–H and O–H groups in total. The van der Waals surface area contributed by atoms with Crippen LogP contribution in [0.2, 0.25) is 5.15 Å². The molecule has 0 amide bonds. The highest BCUT2D eigenvalue weighted by Gasteiger charge is 2.31. The van der Waals surface area contributed by atoms with E-state index in [1.54, 1.807) is 11.7 Å². The van der Waals surface area contributed by atoms with Gasteiger partial charge in [-0.1, -0.05) is 11.6 Å². The van der Waals surface area contributed by atoms with Crippen LogP contribution < -0.4 is 0 Å². The van der Waals surface area contributed by atoms with Gasteiger partial charge in [-0.25, -0.2) is 0 Å². The van der Waals surface area contributed by atoms with Gasteiger partial charge in [-0.05, 0) is 34.9 Å². The molecule has 17 heavy (non-hydrogen) atoms. The van der Waals surface area contributed by atoms with E-state index in [0.29, 0.717) is 11.6 Å². The zero-order valence-electron chi connectivity index (χ0n) is 11.3. The van der Waals surface area contributed by atoms with Gasteiger partial charge in [0.15, 0.2) is 5.78 Å². The van der Waals surface area contributed by atoms with Gasteiger partial charge >= 0.3 is 0 Å². The zero-order valence-corrected chi connectivity index (χ0v) is 12.1. The van der Waals surface area contributed by atoms with Crippen LogP contribution in [0.1, 0.15) is 25.1 Å². The van der Waals surface area contributed by atoms with Gasteiger partial charge in [0, 0.05) is 19.0 Å². The normalized spacial score (nSPS) is 12.2. The number of carbonyl (C=O) groups is 1. The second-order valence-corrected chi connectivity index (χ2v) is 5.39. The third kappa shape index (κ3) is 2.69. The van der Waals surface area contributed by atoms with Crippen molar-refractivity contribution in [3.05, 3.63) is 16.4 Å². The molecule has 0 aliphatic rings. The van der Waals surface area contributed by atoms with Crippen LogP contribution in [0.15, 0.2) is 0 Å². The predicted octanol–water partition coefficient (Wildman–Crippen LogP) is 1.83.